The van der Waals surface area contributed by atoms with Crippen molar-refractivity contribution in [2.45, 2.75) is 20.0 Å². The maximum atomic E-state index is 12.6. The number of aromatic amines is 1. The summed E-state index contributed by atoms with van der Waals surface area (Å²) in [6.45, 7) is 2.22. The molecule has 2 heterocycles. The van der Waals surface area contributed by atoms with Crippen LogP contribution in [0, 0.1) is 10.4 Å². The molecule has 0 saturated heterocycles. The molecule has 0 aliphatic heterocycles. The molecular formula is C18H15Cl2N4O5-. The van der Waals surface area contributed by atoms with E-state index in [4.69, 9.17) is 23.2 Å². The largest absolute Gasteiger partial charge is 0.712 e. The first kappa shape index (κ1) is 20.6. The van der Waals surface area contributed by atoms with Gasteiger partial charge in [-0.25, -0.2) is 9.48 Å². The van der Waals surface area contributed by atoms with Gasteiger partial charge in [-0.15, -0.1) is 0 Å². The third kappa shape index (κ3) is 4.01. The molecule has 3 rings (SSSR count). The van der Waals surface area contributed by atoms with Crippen LogP contribution < -0.4 is 15.8 Å². The molecule has 2 N–H and O–H groups in total. The first-order chi connectivity index (χ1) is 13.7. The van der Waals surface area contributed by atoms with E-state index in [1.807, 2.05) is 0 Å². The Bertz CT molecular complexity index is 1220. The molecule has 152 valence electrons. The first-order valence-electron chi connectivity index (χ1n) is 8.41. The van der Waals surface area contributed by atoms with Crippen LogP contribution in [0.15, 0.2) is 41.3 Å². The lowest BCUT2D eigenvalue weighted by Crippen LogP contribution is -2.25. The van der Waals surface area contributed by atoms with E-state index < -0.39 is 21.9 Å². The van der Waals surface area contributed by atoms with E-state index in [2.05, 4.69) is 5.10 Å². The lowest BCUT2D eigenvalue weighted by Gasteiger charge is -2.19. The predicted octanol–water partition coefficient (Wildman–Crippen LogP) is 2.49. The topological polar surface area (TPSA) is 129 Å². The van der Waals surface area contributed by atoms with E-state index >= 15 is 0 Å². The Morgan fingerprint density at radius 2 is 1.93 bits per heavy atom. The minimum Gasteiger partial charge on any atom is -0.712 e. The number of aromatic carboxylic acids is 1. The second kappa shape index (κ2) is 8.06. The molecule has 2 aromatic heterocycles. The highest BCUT2D eigenvalue weighted by Gasteiger charge is 2.22. The standard InChI is InChI=1S/C18H15Cl2N4O5/c1-2-23-11(9-22-6-5-15(21-22)24(28)29)8-14(25)16(18(26)27)17(23)10-3-4-12(19)13(20)7-10/h3-8,21H,2,9H2,1H3,(H-,26,27,28,29)/q-1. The molecule has 0 aliphatic rings. The molecular weight excluding hydrogens is 423 g/mol. The van der Waals surface area contributed by atoms with Crippen molar-refractivity contribution in [1.29, 1.82) is 0 Å². The summed E-state index contributed by atoms with van der Waals surface area (Å²) in [4.78, 5) is 23.9. The number of nitrogens with zero attached hydrogens (tertiary/aromatic N) is 3. The quantitative estimate of drug-likeness (QED) is 0.592. The summed E-state index contributed by atoms with van der Waals surface area (Å²) in [6, 6.07) is 7.10. The molecule has 0 fully saturated rings. The Morgan fingerprint density at radius 1 is 1.21 bits per heavy atom. The fourth-order valence-corrected chi connectivity index (χ4v) is 3.39. The third-order valence-corrected chi connectivity index (χ3v) is 5.06. The molecule has 11 heteroatoms. The van der Waals surface area contributed by atoms with Gasteiger partial charge in [0.2, 0.25) is 0 Å². The molecule has 0 radical (unpaired) electrons. The number of H-pyrrole nitrogens is 1. The molecule has 3 aromatic rings. The van der Waals surface area contributed by atoms with E-state index in [-0.39, 0.29) is 22.7 Å². The second-order valence-corrected chi connectivity index (χ2v) is 6.91. The Kier molecular flexibility index (Phi) is 5.71. The van der Waals surface area contributed by atoms with Gasteiger partial charge in [-0.1, -0.05) is 29.3 Å². The van der Waals surface area contributed by atoms with Gasteiger partial charge in [-0.2, -0.15) is 5.10 Å². The summed E-state index contributed by atoms with van der Waals surface area (Å²) in [6.07, 6.45) is 1.46. The number of carbonyl (C=O) groups is 1. The highest BCUT2D eigenvalue weighted by Crippen LogP contribution is 2.30. The van der Waals surface area contributed by atoms with Crippen LogP contribution in [0.25, 0.3) is 11.3 Å². The van der Waals surface area contributed by atoms with Crippen molar-refractivity contribution in [2.75, 3.05) is 0 Å². The number of carboxylic acids is 1. The second-order valence-electron chi connectivity index (χ2n) is 6.10. The number of hydrogen-bond acceptors (Lipinski definition) is 4. The first-order valence-corrected chi connectivity index (χ1v) is 9.16. The van der Waals surface area contributed by atoms with Crippen molar-refractivity contribution in [3.63, 3.8) is 0 Å². The van der Waals surface area contributed by atoms with Crippen LogP contribution in [-0.4, -0.2) is 25.4 Å². The van der Waals surface area contributed by atoms with E-state index in [1.165, 1.54) is 35.1 Å². The van der Waals surface area contributed by atoms with Gasteiger partial charge in [0, 0.05) is 29.9 Å². The minimum absolute atomic E-state index is 0.0884. The van der Waals surface area contributed by atoms with Crippen molar-refractivity contribution in [3.05, 3.63) is 84.0 Å². The summed E-state index contributed by atoms with van der Waals surface area (Å²) in [5, 5.41) is 34.5. The van der Waals surface area contributed by atoms with Crippen LogP contribution in [0.2, 0.25) is 10.0 Å². The molecule has 1 aromatic carbocycles. The number of pyridine rings is 1. The van der Waals surface area contributed by atoms with Crippen LogP contribution in [0.3, 0.4) is 0 Å². The summed E-state index contributed by atoms with van der Waals surface area (Å²) in [5.41, 5.74) is -0.216. The van der Waals surface area contributed by atoms with Crippen LogP contribution >= 0.6 is 23.2 Å². The zero-order valence-corrected chi connectivity index (χ0v) is 16.6. The fourth-order valence-electron chi connectivity index (χ4n) is 3.09. The van der Waals surface area contributed by atoms with Gasteiger partial charge in [-0.3, -0.25) is 9.70 Å². The Balaban J connectivity index is 2.27. The van der Waals surface area contributed by atoms with Gasteiger partial charge in [0.25, 0.3) is 0 Å². The van der Waals surface area contributed by atoms with Crippen molar-refractivity contribution in [2.24, 2.45) is 0 Å². The number of aromatic nitrogens is 3. The van der Waals surface area contributed by atoms with Gasteiger partial charge >= 0.3 is 11.5 Å². The fraction of sp³-hybridized carbons (Fsp3) is 0.167. The third-order valence-electron chi connectivity index (χ3n) is 4.32. The summed E-state index contributed by atoms with van der Waals surface area (Å²) in [5.74, 6) is -1.37. The Morgan fingerprint density at radius 3 is 2.48 bits per heavy atom. The summed E-state index contributed by atoms with van der Waals surface area (Å²) < 4.78 is 3.09. The van der Waals surface area contributed by atoms with Crippen LogP contribution in [-0.2, 0) is 13.1 Å². The monoisotopic (exact) mass is 437 g/mol. The summed E-state index contributed by atoms with van der Waals surface area (Å²) >= 11 is 12.1. The number of halogens is 2. The normalized spacial score (nSPS) is 10.9. The summed E-state index contributed by atoms with van der Waals surface area (Å²) in [7, 11) is 0. The average molecular weight is 438 g/mol. The number of nitrogens with one attached hydrogen (secondary N) is 1. The van der Waals surface area contributed by atoms with E-state index in [9.17, 15) is 25.1 Å². The van der Waals surface area contributed by atoms with Gasteiger partial charge < -0.3 is 20.1 Å². The molecule has 0 atom stereocenters. The molecule has 0 spiro atoms. The lowest BCUT2D eigenvalue weighted by atomic mass is 10.0. The van der Waals surface area contributed by atoms with Crippen molar-refractivity contribution in [1.82, 2.24) is 19.2 Å². The SMILES string of the molecule is CCn1c(Cn2ccc(=[N+]([O-])[O-])[nH]2)cc(=O)c(C(=O)O)c1-c1ccc(Cl)c(Cl)c1. The van der Waals surface area contributed by atoms with Crippen molar-refractivity contribution >= 4 is 29.2 Å². The Labute approximate surface area is 173 Å². The maximum absolute atomic E-state index is 12.6. The molecule has 0 aliphatic carbocycles. The minimum atomic E-state index is -1.37. The lowest BCUT2D eigenvalue weighted by molar-refractivity contribution is 0.0695. The number of hydrogen-bond donors (Lipinski definition) is 2. The zero-order valence-electron chi connectivity index (χ0n) is 15.1. The molecule has 9 nitrogen and oxygen atoms in total. The van der Waals surface area contributed by atoms with Gasteiger partial charge in [-0.05, 0) is 19.1 Å². The maximum Gasteiger partial charge on any atom is 0.341 e. The van der Waals surface area contributed by atoms with Gasteiger partial charge in [0.15, 0.2) is 5.43 Å². The van der Waals surface area contributed by atoms with Crippen molar-refractivity contribution in [3.8, 4) is 11.3 Å². The van der Waals surface area contributed by atoms with E-state index in [0.29, 0.717) is 22.8 Å². The number of rotatable bonds is 5. The van der Waals surface area contributed by atoms with Crippen LogP contribution in [0.1, 0.15) is 23.0 Å². The van der Waals surface area contributed by atoms with E-state index in [0.717, 1.165) is 0 Å². The molecule has 0 saturated carbocycles. The zero-order chi connectivity index (χ0) is 21.3. The highest BCUT2D eigenvalue weighted by molar-refractivity contribution is 6.42. The van der Waals surface area contributed by atoms with Crippen LogP contribution in [0.4, 0.5) is 0 Å². The van der Waals surface area contributed by atoms with Crippen LogP contribution in [0.5, 0.6) is 0 Å². The smallest absolute Gasteiger partial charge is 0.341 e. The van der Waals surface area contributed by atoms with Crippen molar-refractivity contribution < 1.29 is 9.90 Å². The number of carboxylic acid groups (broad SMARTS) is 1. The van der Waals surface area contributed by atoms with Gasteiger partial charge in [0.1, 0.15) is 5.56 Å². The molecule has 0 unspecified atom stereocenters. The average Bonchev–Trinajstić information content (AvgIpc) is 3.12. The molecule has 0 amide bonds. The Hall–Kier alpha value is -3.17. The van der Waals surface area contributed by atoms with Gasteiger partial charge in [0.05, 0.1) is 28.5 Å². The predicted molar refractivity (Wildman–Crippen MR) is 109 cm³/mol. The van der Waals surface area contributed by atoms with E-state index in [1.54, 1.807) is 17.6 Å². The highest BCUT2D eigenvalue weighted by atomic mass is 35.5. The number of benzene rings is 1. The molecule has 29 heavy (non-hydrogen) atoms. The molecule has 0 bridgehead atoms.